The van der Waals surface area contributed by atoms with Crippen LogP contribution in [0, 0.1) is 0 Å². The zero-order valence-corrected chi connectivity index (χ0v) is 15.5. The van der Waals surface area contributed by atoms with Gasteiger partial charge in [0.2, 0.25) is 0 Å². The van der Waals surface area contributed by atoms with Crippen LogP contribution < -0.4 is 11.1 Å². The first-order valence-electron chi connectivity index (χ1n) is 8.36. The number of carbonyl (C=O) groups excluding carboxylic acids is 1. The van der Waals surface area contributed by atoms with Crippen molar-refractivity contribution in [3.05, 3.63) is 59.6 Å². The summed E-state index contributed by atoms with van der Waals surface area (Å²) < 4.78 is 5.08. The van der Waals surface area contributed by atoms with Crippen LogP contribution in [-0.2, 0) is 0 Å². The maximum absolute atomic E-state index is 12.1. The largest absolute Gasteiger partial charge is 0.459 e. The van der Waals surface area contributed by atoms with Crippen molar-refractivity contribution in [2.45, 2.75) is 13.8 Å². The Morgan fingerprint density at radius 1 is 1.26 bits per heavy atom. The van der Waals surface area contributed by atoms with E-state index in [1.165, 1.54) is 12.5 Å². The minimum Gasteiger partial charge on any atom is -0.459 e. The van der Waals surface area contributed by atoms with E-state index in [0.717, 1.165) is 0 Å². The quantitative estimate of drug-likeness (QED) is 0.473. The molecule has 8 heteroatoms. The molecule has 4 aromatic rings. The number of amides is 1. The number of imidazole rings is 1. The van der Waals surface area contributed by atoms with Gasteiger partial charge in [-0.25, -0.2) is 9.97 Å². The number of halogens is 1. The van der Waals surface area contributed by atoms with E-state index < -0.39 is 0 Å². The molecule has 0 fully saturated rings. The fourth-order valence-corrected chi connectivity index (χ4v) is 2.64. The first-order chi connectivity index (χ1) is 13.1. The predicted octanol–water partition coefficient (Wildman–Crippen LogP) is 4.73. The Kier molecular flexibility index (Phi) is 5.42. The number of furan rings is 1. The van der Waals surface area contributed by atoms with Gasteiger partial charge in [-0.2, -0.15) is 0 Å². The molecule has 0 aliphatic carbocycles. The predicted molar refractivity (Wildman–Crippen MR) is 107 cm³/mol. The van der Waals surface area contributed by atoms with Crippen LogP contribution in [0.25, 0.3) is 22.6 Å². The second kappa shape index (κ2) is 7.92. The lowest BCUT2D eigenvalue weighted by molar-refractivity contribution is 0.0996. The van der Waals surface area contributed by atoms with Gasteiger partial charge in [0.05, 0.1) is 28.7 Å². The van der Waals surface area contributed by atoms with Crippen molar-refractivity contribution in [3.63, 3.8) is 0 Å². The highest BCUT2D eigenvalue weighted by atomic mass is 35.5. The summed E-state index contributed by atoms with van der Waals surface area (Å²) in [5, 5.41) is 3.24. The normalized spacial score (nSPS) is 10.3. The average molecular weight is 384 g/mol. The first kappa shape index (κ1) is 18.5. The molecule has 0 saturated carbocycles. The Morgan fingerprint density at radius 3 is 2.81 bits per heavy atom. The third kappa shape index (κ3) is 3.93. The standard InChI is InChI=1S/C17H12ClN5O2.C2H6/c18-12-4-3-10(21-17(24)14-2-1-5-25-14)7-11(12)15-22-13-6-9(19)8-20-16(13)23-15;1-2/h1-8H,19H2,(H,21,24)(H,20,22,23);1-2H3. The Labute approximate surface area is 160 Å². The lowest BCUT2D eigenvalue weighted by atomic mass is 10.2. The number of aromatic nitrogens is 3. The molecule has 0 saturated heterocycles. The molecular weight excluding hydrogens is 366 g/mol. The zero-order chi connectivity index (χ0) is 19.4. The summed E-state index contributed by atoms with van der Waals surface area (Å²) in [5.41, 5.74) is 8.71. The molecule has 1 amide bonds. The lowest BCUT2D eigenvalue weighted by Gasteiger charge is -2.07. The topological polar surface area (TPSA) is 110 Å². The van der Waals surface area contributed by atoms with Crippen molar-refractivity contribution in [1.29, 1.82) is 0 Å². The molecule has 0 aliphatic rings. The van der Waals surface area contributed by atoms with E-state index in [1.54, 1.807) is 36.4 Å². The summed E-state index contributed by atoms with van der Waals surface area (Å²) in [5.74, 6) is 0.407. The molecule has 0 unspecified atom stereocenters. The molecule has 7 nitrogen and oxygen atoms in total. The van der Waals surface area contributed by atoms with Crippen LogP contribution in [0.1, 0.15) is 24.4 Å². The van der Waals surface area contributed by atoms with Gasteiger partial charge in [0.1, 0.15) is 5.82 Å². The van der Waals surface area contributed by atoms with E-state index in [2.05, 4.69) is 20.3 Å². The summed E-state index contributed by atoms with van der Waals surface area (Å²) in [6, 6.07) is 10.1. The molecule has 0 atom stereocenters. The fourth-order valence-electron chi connectivity index (χ4n) is 2.43. The number of hydrogen-bond acceptors (Lipinski definition) is 5. The third-order valence-electron chi connectivity index (χ3n) is 3.58. The van der Waals surface area contributed by atoms with Gasteiger partial charge in [-0.1, -0.05) is 25.4 Å². The minimum absolute atomic E-state index is 0.222. The molecule has 0 spiro atoms. The van der Waals surface area contributed by atoms with Gasteiger partial charge in [0.25, 0.3) is 5.91 Å². The second-order valence-corrected chi connectivity index (χ2v) is 5.76. The number of carbonyl (C=O) groups is 1. The number of nitrogens with one attached hydrogen (secondary N) is 2. The lowest BCUT2D eigenvalue weighted by Crippen LogP contribution is -2.10. The number of fused-ring (bicyclic) bond motifs is 1. The van der Waals surface area contributed by atoms with Crippen LogP contribution in [-0.4, -0.2) is 20.9 Å². The second-order valence-electron chi connectivity index (χ2n) is 5.35. The number of hydrogen-bond donors (Lipinski definition) is 3. The van der Waals surface area contributed by atoms with Gasteiger partial charge in [0, 0.05) is 11.3 Å². The number of H-pyrrole nitrogens is 1. The van der Waals surface area contributed by atoms with Crippen LogP contribution in [0.3, 0.4) is 0 Å². The highest BCUT2D eigenvalue weighted by Gasteiger charge is 2.13. The van der Waals surface area contributed by atoms with Crippen molar-refractivity contribution in [1.82, 2.24) is 15.0 Å². The third-order valence-corrected chi connectivity index (χ3v) is 3.91. The molecule has 0 bridgehead atoms. The SMILES string of the molecule is CC.Nc1cnc2nc(-c3cc(NC(=O)c4ccco4)ccc3Cl)[nH]c2c1. The van der Waals surface area contributed by atoms with Crippen LogP contribution in [0.2, 0.25) is 5.02 Å². The number of nitrogen functional groups attached to an aromatic ring is 1. The van der Waals surface area contributed by atoms with Crippen molar-refractivity contribution in [3.8, 4) is 11.4 Å². The van der Waals surface area contributed by atoms with Gasteiger partial charge < -0.3 is 20.5 Å². The number of aromatic amines is 1. The molecule has 27 heavy (non-hydrogen) atoms. The van der Waals surface area contributed by atoms with Gasteiger partial charge in [-0.15, -0.1) is 0 Å². The Morgan fingerprint density at radius 2 is 2.07 bits per heavy atom. The Bertz CT molecular complexity index is 1070. The van der Waals surface area contributed by atoms with Gasteiger partial charge in [-0.3, -0.25) is 4.79 Å². The summed E-state index contributed by atoms with van der Waals surface area (Å²) in [6.07, 6.45) is 2.98. The highest BCUT2D eigenvalue weighted by Crippen LogP contribution is 2.30. The van der Waals surface area contributed by atoms with Crippen molar-refractivity contribution >= 4 is 40.0 Å². The number of anilines is 2. The molecule has 0 aliphatic heterocycles. The molecule has 3 heterocycles. The molecule has 138 valence electrons. The molecule has 1 aromatic carbocycles. The van der Waals surface area contributed by atoms with Crippen molar-refractivity contribution < 1.29 is 9.21 Å². The van der Waals surface area contributed by atoms with Crippen LogP contribution in [0.4, 0.5) is 11.4 Å². The van der Waals surface area contributed by atoms with Gasteiger partial charge >= 0.3 is 0 Å². The van der Waals surface area contributed by atoms with E-state index in [4.69, 9.17) is 21.8 Å². The number of rotatable bonds is 3. The number of pyridine rings is 1. The average Bonchev–Trinajstić information content (AvgIpc) is 3.34. The fraction of sp³-hybridized carbons (Fsp3) is 0.105. The zero-order valence-electron chi connectivity index (χ0n) is 14.8. The van der Waals surface area contributed by atoms with Crippen molar-refractivity contribution in [2.24, 2.45) is 0 Å². The van der Waals surface area contributed by atoms with Gasteiger partial charge in [-0.05, 0) is 36.4 Å². The summed E-state index contributed by atoms with van der Waals surface area (Å²) in [7, 11) is 0. The summed E-state index contributed by atoms with van der Waals surface area (Å²) in [6.45, 7) is 4.00. The minimum atomic E-state index is -0.350. The van der Waals surface area contributed by atoms with E-state index >= 15 is 0 Å². The molecule has 4 N–H and O–H groups in total. The number of nitrogens with zero attached hydrogens (tertiary/aromatic N) is 2. The van der Waals surface area contributed by atoms with Crippen LogP contribution in [0.5, 0.6) is 0 Å². The molecular formula is C19H18ClN5O2. The maximum Gasteiger partial charge on any atom is 0.291 e. The Balaban J connectivity index is 0.00000102. The summed E-state index contributed by atoms with van der Waals surface area (Å²) in [4.78, 5) is 23.8. The highest BCUT2D eigenvalue weighted by molar-refractivity contribution is 6.33. The van der Waals surface area contributed by atoms with E-state index in [9.17, 15) is 4.79 Å². The number of benzene rings is 1. The summed E-state index contributed by atoms with van der Waals surface area (Å²) >= 11 is 6.29. The van der Waals surface area contributed by atoms with Gasteiger partial charge in [0.15, 0.2) is 11.4 Å². The first-order valence-corrected chi connectivity index (χ1v) is 8.74. The number of nitrogens with two attached hydrogens (primary N) is 1. The maximum atomic E-state index is 12.1. The molecule has 0 radical (unpaired) electrons. The smallest absolute Gasteiger partial charge is 0.291 e. The van der Waals surface area contributed by atoms with E-state index in [1.807, 2.05) is 13.8 Å². The molecule has 4 rings (SSSR count). The van der Waals surface area contributed by atoms with E-state index in [0.29, 0.717) is 38.9 Å². The van der Waals surface area contributed by atoms with Crippen LogP contribution >= 0.6 is 11.6 Å². The molecule has 3 aromatic heterocycles. The van der Waals surface area contributed by atoms with E-state index in [-0.39, 0.29) is 11.7 Å². The van der Waals surface area contributed by atoms with Crippen molar-refractivity contribution in [2.75, 3.05) is 11.1 Å². The monoisotopic (exact) mass is 383 g/mol. The van der Waals surface area contributed by atoms with Crippen LogP contribution in [0.15, 0.2) is 53.3 Å². The Hall–Kier alpha value is -3.32.